The van der Waals surface area contributed by atoms with Gasteiger partial charge in [0, 0.05) is 29.2 Å². The Kier molecular flexibility index (Phi) is 11.1. The fourth-order valence-electron chi connectivity index (χ4n) is 5.64. The molecule has 0 aliphatic heterocycles. The quantitative estimate of drug-likeness (QED) is 0.0709. The number of alkyl carbamates (subject to hydrolysis) is 1. The number of aromatic amines is 1. The Balaban J connectivity index is 1.39. The van der Waals surface area contributed by atoms with E-state index < -0.39 is 37.0 Å². The smallest absolute Gasteiger partial charge is 0.408 e. The van der Waals surface area contributed by atoms with E-state index in [1.165, 1.54) is 12.1 Å². The standard InChI is InChI=1S/C33H38N5O6P/c34-31(39)30(19-26-20-35-29-14-8-7-13-28(26)29)37-45(44-22-24-15-17-27(18-16-24)38(41)42)32(25-11-5-2-6-12-25)36-33(40)43-21-23-9-3-1-4-10-23/h1,3-4,7-10,13-18,20,25,30,32,35,37H,2,5-6,11-12,19,21-22H2,(H2,34,39)(H,36,40)/t30-,32-,45?/m1/s1. The molecule has 12 heteroatoms. The Hall–Kier alpha value is -4.31. The van der Waals surface area contributed by atoms with Gasteiger partial charge < -0.3 is 25.3 Å². The van der Waals surface area contributed by atoms with Crippen LogP contribution in [0.1, 0.15) is 48.8 Å². The molecule has 0 radical (unpaired) electrons. The van der Waals surface area contributed by atoms with Gasteiger partial charge in [0.15, 0.2) is 0 Å². The highest BCUT2D eigenvalue weighted by molar-refractivity contribution is 7.51. The van der Waals surface area contributed by atoms with Crippen molar-refractivity contribution in [2.75, 3.05) is 0 Å². The second kappa shape index (κ2) is 15.6. The molecule has 1 aliphatic carbocycles. The van der Waals surface area contributed by atoms with E-state index in [4.69, 9.17) is 15.0 Å². The number of nitrogens with one attached hydrogen (secondary N) is 3. The highest BCUT2D eigenvalue weighted by Gasteiger charge is 2.36. The van der Waals surface area contributed by atoms with Crippen LogP contribution in [0.2, 0.25) is 0 Å². The number of rotatable bonds is 14. The van der Waals surface area contributed by atoms with Crippen molar-refractivity contribution in [3.8, 4) is 0 Å². The molecule has 2 amide bonds. The largest absolute Gasteiger partial charge is 0.445 e. The Morgan fingerprint density at radius 1 is 0.956 bits per heavy atom. The summed E-state index contributed by atoms with van der Waals surface area (Å²) in [4.78, 5) is 40.0. The first-order valence-electron chi connectivity index (χ1n) is 15.1. The van der Waals surface area contributed by atoms with E-state index in [2.05, 4.69) is 15.4 Å². The van der Waals surface area contributed by atoms with E-state index in [9.17, 15) is 19.7 Å². The highest BCUT2D eigenvalue weighted by Crippen LogP contribution is 2.46. The number of H-pyrrole nitrogens is 1. The third kappa shape index (κ3) is 8.88. The number of primary amides is 1. The number of nitrogens with two attached hydrogens (primary N) is 1. The molecule has 3 atom stereocenters. The van der Waals surface area contributed by atoms with Crippen LogP contribution >= 0.6 is 8.30 Å². The number of ether oxygens (including phenoxy) is 1. The molecule has 45 heavy (non-hydrogen) atoms. The minimum atomic E-state index is -1.69. The number of fused-ring (bicyclic) bond motifs is 1. The van der Waals surface area contributed by atoms with Gasteiger partial charge in [-0.05, 0) is 60.1 Å². The van der Waals surface area contributed by atoms with Crippen LogP contribution < -0.4 is 16.1 Å². The Labute approximate surface area is 262 Å². The number of nitrogens with zero attached hydrogens (tertiary/aromatic N) is 1. The monoisotopic (exact) mass is 631 g/mol. The number of hydrogen-bond donors (Lipinski definition) is 4. The lowest BCUT2D eigenvalue weighted by atomic mass is 9.89. The zero-order chi connectivity index (χ0) is 31.6. The molecule has 1 aliphatic rings. The van der Waals surface area contributed by atoms with Crippen molar-refractivity contribution in [1.29, 1.82) is 0 Å². The summed E-state index contributed by atoms with van der Waals surface area (Å²) in [5.41, 5.74) is 9.40. The fourth-order valence-corrected chi connectivity index (χ4v) is 7.76. The van der Waals surface area contributed by atoms with Gasteiger partial charge in [0.2, 0.25) is 5.91 Å². The van der Waals surface area contributed by atoms with E-state index in [1.54, 1.807) is 12.1 Å². The van der Waals surface area contributed by atoms with Crippen molar-refractivity contribution in [1.82, 2.24) is 15.4 Å². The maximum atomic E-state index is 13.2. The lowest BCUT2D eigenvalue weighted by Gasteiger charge is -2.37. The summed E-state index contributed by atoms with van der Waals surface area (Å²) in [5, 5.41) is 18.6. The average Bonchev–Trinajstić information content (AvgIpc) is 3.48. The van der Waals surface area contributed by atoms with E-state index in [-0.39, 0.29) is 24.8 Å². The van der Waals surface area contributed by atoms with Crippen LogP contribution in [-0.2, 0) is 33.7 Å². The number of carbonyl (C=O) groups is 2. The maximum absolute atomic E-state index is 13.2. The van der Waals surface area contributed by atoms with Gasteiger partial charge >= 0.3 is 6.09 Å². The molecule has 4 aromatic rings. The lowest BCUT2D eigenvalue weighted by Crippen LogP contribution is -2.47. The molecule has 0 bridgehead atoms. The van der Waals surface area contributed by atoms with Crippen molar-refractivity contribution in [3.05, 3.63) is 112 Å². The topological polar surface area (TPSA) is 162 Å². The zero-order valence-corrected chi connectivity index (χ0v) is 25.8. The van der Waals surface area contributed by atoms with Gasteiger partial charge in [0.1, 0.15) is 14.9 Å². The molecule has 1 unspecified atom stereocenters. The molecule has 0 spiro atoms. The predicted molar refractivity (Wildman–Crippen MR) is 173 cm³/mol. The second-order valence-electron chi connectivity index (χ2n) is 11.2. The molecule has 3 aromatic carbocycles. The minimum Gasteiger partial charge on any atom is -0.445 e. The van der Waals surface area contributed by atoms with Crippen molar-refractivity contribution in [2.45, 2.75) is 63.6 Å². The average molecular weight is 632 g/mol. The van der Waals surface area contributed by atoms with E-state index >= 15 is 0 Å². The second-order valence-corrected chi connectivity index (χ2v) is 12.9. The third-order valence-electron chi connectivity index (χ3n) is 8.07. The van der Waals surface area contributed by atoms with Crippen LogP contribution in [0.25, 0.3) is 10.9 Å². The molecular formula is C33H38N5O6P. The van der Waals surface area contributed by atoms with Gasteiger partial charge in [-0.2, -0.15) is 0 Å². The van der Waals surface area contributed by atoms with Crippen molar-refractivity contribution >= 4 is 36.9 Å². The summed E-state index contributed by atoms with van der Waals surface area (Å²) in [6.07, 6.45) is 6.53. The van der Waals surface area contributed by atoms with Gasteiger partial charge in [-0.15, -0.1) is 0 Å². The van der Waals surface area contributed by atoms with Gasteiger partial charge in [-0.3, -0.25) is 20.0 Å². The summed E-state index contributed by atoms with van der Waals surface area (Å²) in [6, 6.07) is 22.6. The van der Waals surface area contributed by atoms with Crippen LogP contribution in [0.3, 0.4) is 0 Å². The van der Waals surface area contributed by atoms with Gasteiger partial charge in [0.25, 0.3) is 5.69 Å². The van der Waals surface area contributed by atoms with Gasteiger partial charge in [-0.25, -0.2) is 4.79 Å². The summed E-state index contributed by atoms with van der Waals surface area (Å²) in [5.74, 6) is -0.938. The predicted octanol–water partition coefficient (Wildman–Crippen LogP) is 6.42. The first-order chi connectivity index (χ1) is 21.9. The molecule has 1 heterocycles. The Morgan fingerprint density at radius 2 is 1.64 bits per heavy atom. The Bertz CT molecular complexity index is 1580. The minimum absolute atomic E-state index is 0.0189. The van der Waals surface area contributed by atoms with Gasteiger partial charge in [-0.1, -0.05) is 67.8 Å². The fraction of sp³-hybridized carbons (Fsp3) is 0.333. The Morgan fingerprint density at radius 3 is 2.36 bits per heavy atom. The number of hydrogen-bond acceptors (Lipinski definition) is 7. The lowest BCUT2D eigenvalue weighted by molar-refractivity contribution is -0.384. The van der Waals surface area contributed by atoms with Crippen molar-refractivity contribution in [3.63, 3.8) is 0 Å². The van der Waals surface area contributed by atoms with Crippen LogP contribution in [0.5, 0.6) is 0 Å². The molecular weight excluding hydrogens is 593 g/mol. The number of para-hydroxylation sites is 1. The number of nitro groups is 1. The van der Waals surface area contributed by atoms with Crippen LogP contribution in [0, 0.1) is 16.0 Å². The maximum Gasteiger partial charge on any atom is 0.408 e. The number of nitro benzene ring substituents is 1. The number of carbonyl (C=O) groups excluding carboxylic acids is 2. The molecule has 236 valence electrons. The number of benzene rings is 3. The normalized spacial score (nSPS) is 15.6. The van der Waals surface area contributed by atoms with Gasteiger partial charge in [0.05, 0.1) is 23.4 Å². The zero-order valence-electron chi connectivity index (χ0n) is 24.9. The van der Waals surface area contributed by atoms with Crippen LogP contribution in [0.4, 0.5) is 10.5 Å². The van der Waals surface area contributed by atoms with Crippen molar-refractivity contribution < 1.29 is 23.8 Å². The molecule has 5 rings (SSSR count). The number of amides is 2. The number of aromatic nitrogens is 1. The summed E-state index contributed by atoms with van der Waals surface area (Å²) in [6.45, 7) is 0.225. The molecule has 0 saturated heterocycles. The molecule has 11 nitrogen and oxygen atoms in total. The van der Waals surface area contributed by atoms with Crippen LogP contribution in [0.15, 0.2) is 85.1 Å². The first-order valence-corrected chi connectivity index (χ1v) is 16.4. The third-order valence-corrected chi connectivity index (χ3v) is 10.1. The van der Waals surface area contributed by atoms with E-state index in [0.717, 1.165) is 59.7 Å². The van der Waals surface area contributed by atoms with Crippen LogP contribution in [-0.4, -0.2) is 33.7 Å². The highest BCUT2D eigenvalue weighted by atomic mass is 31.2. The molecule has 1 fully saturated rings. The summed E-state index contributed by atoms with van der Waals surface area (Å²) < 4.78 is 12.1. The number of non-ortho nitro benzene ring substituents is 1. The first kappa shape index (κ1) is 32.1. The molecule has 1 aromatic heterocycles. The summed E-state index contributed by atoms with van der Waals surface area (Å²) in [7, 11) is -1.69. The SMILES string of the molecule is NC(=O)[C@@H](Cc1c[nH]c2ccccc12)NP(OCc1ccc([N+](=O)[O-])cc1)[C@@H](NC(=O)OCc1ccccc1)C1CCCCC1. The summed E-state index contributed by atoms with van der Waals surface area (Å²) >= 11 is 0. The van der Waals surface area contributed by atoms with Crippen molar-refractivity contribution in [2.24, 2.45) is 11.7 Å². The van der Waals surface area contributed by atoms with E-state index in [1.807, 2.05) is 60.8 Å². The molecule has 1 saturated carbocycles. The van der Waals surface area contributed by atoms with E-state index in [0.29, 0.717) is 6.42 Å². The molecule has 5 N–H and O–H groups in total.